The molecule has 0 aromatic heterocycles. The third kappa shape index (κ3) is 3.54. The van der Waals surface area contributed by atoms with Crippen molar-refractivity contribution >= 4 is 23.3 Å². The molecule has 0 bridgehead atoms. The van der Waals surface area contributed by atoms with E-state index in [1.54, 1.807) is 6.08 Å². The van der Waals surface area contributed by atoms with E-state index in [9.17, 15) is 23.5 Å². The summed E-state index contributed by atoms with van der Waals surface area (Å²) in [5.74, 6) is -1.92. The molecule has 3 rings (SSSR count). The first-order valence-electron chi connectivity index (χ1n) is 8.17. The maximum Gasteiger partial charge on any atom is 0.414 e. The molecular formula is C17H19F2N3O4. The summed E-state index contributed by atoms with van der Waals surface area (Å²) in [6, 6.07) is 1.59. The van der Waals surface area contributed by atoms with Gasteiger partial charge >= 0.3 is 6.09 Å². The van der Waals surface area contributed by atoms with Gasteiger partial charge in [-0.3, -0.25) is 9.69 Å². The maximum atomic E-state index is 14.6. The number of halogens is 2. The van der Waals surface area contributed by atoms with Crippen LogP contribution in [0.5, 0.6) is 0 Å². The molecule has 3 N–H and O–H groups in total. The molecular weight excluding hydrogens is 348 g/mol. The van der Waals surface area contributed by atoms with Gasteiger partial charge < -0.3 is 20.5 Å². The average molecular weight is 367 g/mol. The molecule has 2 aliphatic rings. The quantitative estimate of drug-likeness (QED) is 0.715. The summed E-state index contributed by atoms with van der Waals surface area (Å²) in [5.41, 5.74) is 0.160. The molecule has 0 spiro atoms. The zero-order valence-corrected chi connectivity index (χ0v) is 14.1. The van der Waals surface area contributed by atoms with E-state index in [4.69, 9.17) is 4.74 Å². The Bertz CT molecular complexity index is 745. The standard InChI is InChI=1S/C17H19F2N3O4/c1-9(24)21-6-11-7-22(17(25)26-11)10-4-13(18)16(14(19)5-10)12-2-3-20-15(12)8-23/h2,4-5,11,15,20,23H,3,6-8H2,1H3,(H,21,24)/t11-,15+/m0/s1. The van der Waals surface area contributed by atoms with Crippen molar-refractivity contribution in [2.24, 2.45) is 0 Å². The van der Waals surface area contributed by atoms with E-state index in [1.165, 1.54) is 6.92 Å². The fraction of sp³-hybridized carbons (Fsp3) is 0.412. The second-order valence-electron chi connectivity index (χ2n) is 6.14. The summed E-state index contributed by atoms with van der Waals surface area (Å²) in [5, 5.41) is 14.8. The van der Waals surface area contributed by atoms with Gasteiger partial charge in [-0.25, -0.2) is 13.6 Å². The predicted molar refractivity (Wildman–Crippen MR) is 89.5 cm³/mol. The van der Waals surface area contributed by atoms with Crippen LogP contribution < -0.4 is 15.5 Å². The highest BCUT2D eigenvalue weighted by molar-refractivity contribution is 5.90. The topological polar surface area (TPSA) is 90.9 Å². The van der Waals surface area contributed by atoms with Crippen molar-refractivity contribution in [3.8, 4) is 0 Å². The number of hydrogen-bond acceptors (Lipinski definition) is 5. The SMILES string of the molecule is CC(=O)NC[C@H]1CN(c2cc(F)c(C3=CCN[C@@H]3CO)c(F)c2)C(=O)O1. The first kappa shape index (κ1) is 18.3. The number of carbonyl (C=O) groups excluding carboxylic acids is 2. The van der Waals surface area contributed by atoms with Crippen LogP contribution in [0.1, 0.15) is 12.5 Å². The van der Waals surface area contributed by atoms with Crippen LogP contribution in [0, 0.1) is 11.6 Å². The lowest BCUT2D eigenvalue weighted by Gasteiger charge is -2.18. The van der Waals surface area contributed by atoms with Crippen molar-refractivity contribution in [2.45, 2.75) is 19.1 Å². The fourth-order valence-corrected chi connectivity index (χ4v) is 3.09. The monoisotopic (exact) mass is 367 g/mol. The molecule has 2 heterocycles. The lowest BCUT2D eigenvalue weighted by molar-refractivity contribution is -0.119. The Hall–Kier alpha value is -2.52. The van der Waals surface area contributed by atoms with Crippen LogP contribution in [0.3, 0.4) is 0 Å². The van der Waals surface area contributed by atoms with E-state index in [0.29, 0.717) is 12.1 Å². The molecule has 140 valence electrons. The van der Waals surface area contributed by atoms with E-state index in [0.717, 1.165) is 17.0 Å². The van der Waals surface area contributed by atoms with Crippen LogP contribution in [0.25, 0.3) is 5.57 Å². The molecule has 1 aromatic carbocycles. The van der Waals surface area contributed by atoms with Gasteiger partial charge in [0.2, 0.25) is 5.91 Å². The van der Waals surface area contributed by atoms with E-state index in [2.05, 4.69) is 10.6 Å². The molecule has 26 heavy (non-hydrogen) atoms. The molecule has 9 heteroatoms. The highest BCUT2D eigenvalue weighted by Crippen LogP contribution is 2.32. The van der Waals surface area contributed by atoms with Gasteiger partial charge in [-0.2, -0.15) is 0 Å². The number of ether oxygens (including phenoxy) is 1. The lowest BCUT2D eigenvalue weighted by atomic mass is 9.99. The van der Waals surface area contributed by atoms with Gasteiger partial charge in [0.05, 0.1) is 37.0 Å². The molecule has 0 saturated carbocycles. The lowest BCUT2D eigenvalue weighted by Crippen LogP contribution is -2.33. The summed E-state index contributed by atoms with van der Waals surface area (Å²) >= 11 is 0. The third-order valence-corrected chi connectivity index (χ3v) is 4.32. The minimum Gasteiger partial charge on any atom is -0.442 e. The Morgan fingerprint density at radius 2 is 2.12 bits per heavy atom. The summed E-state index contributed by atoms with van der Waals surface area (Å²) in [4.78, 5) is 24.0. The molecule has 1 aromatic rings. The van der Waals surface area contributed by atoms with Gasteiger partial charge in [0.15, 0.2) is 0 Å². The highest BCUT2D eigenvalue weighted by Gasteiger charge is 2.34. The summed E-state index contributed by atoms with van der Waals surface area (Å²) in [6.07, 6.45) is 0.287. The van der Waals surface area contributed by atoms with Crippen LogP contribution in [0.2, 0.25) is 0 Å². The molecule has 0 radical (unpaired) electrons. The zero-order valence-electron chi connectivity index (χ0n) is 14.1. The summed E-state index contributed by atoms with van der Waals surface area (Å²) < 4.78 is 34.3. The minimum atomic E-state index is -0.827. The average Bonchev–Trinajstić information content (AvgIpc) is 3.18. The highest BCUT2D eigenvalue weighted by atomic mass is 19.1. The number of cyclic esters (lactones) is 1. The molecule has 2 atom stereocenters. The van der Waals surface area contributed by atoms with Gasteiger partial charge in [-0.15, -0.1) is 0 Å². The largest absolute Gasteiger partial charge is 0.442 e. The van der Waals surface area contributed by atoms with Gasteiger partial charge in [-0.05, 0) is 17.7 Å². The number of aliphatic hydroxyl groups is 1. The van der Waals surface area contributed by atoms with Gasteiger partial charge in [0.1, 0.15) is 17.7 Å². The maximum absolute atomic E-state index is 14.6. The Balaban J connectivity index is 1.82. The first-order valence-corrected chi connectivity index (χ1v) is 8.17. The molecule has 0 unspecified atom stereocenters. The minimum absolute atomic E-state index is 0.0335. The van der Waals surface area contributed by atoms with Crippen molar-refractivity contribution in [1.29, 1.82) is 0 Å². The number of aliphatic hydroxyl groups excluding tert-OH is 1. The Labute approximate surface area is 148 Å². The van der Waals surface area contributed by atoms with E-state index < -0.39 is 29.9 Å². The zero-order chi connectivity index (χ0) is 18.8. The van der Waals surface area contributed by atoms with Gasteiger partial charge in [-0.1, -0.05) is 6.08 Å². The number of nitrogens with zero attached hydrogens (tertiary/aromatic N) is 1. The van der Waals surface area contributed by atoms with E-state index >= 15 is 0 Å². The van der Waals surface area contributed by atoms with Crippen molar-refractivity contribution in [1.82, 2.24) is 10.6 Å². The number of anilines is 1. The number of benzene rings is 1. The van der Waals surface area contributed by atoms with E-state index in [-0.39, 0.29) is 36.9 Å². The number of nitrogens with one attached hydrogen (secondary N) is 2. The number of amides is 2. The summed E-state index contributed by atoms with van der Waals surface area (Å²) in [7, 11) is 0. The van der Waals surface area contributed by atoms with Gasteiger partial charge in [0.25, 0.3) is 0 Å². The van der Waals surface area contributed by atoms with Crippen molar-refractivity contribution < 1.29 is 28.2 Å². The summed E-state index contributed by atoms with van der Waals surface area (Å²) in [6.45, 7) is 1.66. The molecule has 2 aliphatic heterocycles. The Morgan fingerprint density at radius 3 is 2.73 bits per heavy atom. The Morgan fingerprint density at radius 1 is 1.42 bits per heavy atom. The molecule has 1 fully saturated rings. The smallest absolute Gasteiger partial charge is 0.414 e. The fourth-order valence-electron chi connectivity index (χ4n) is 3.09. The van der Waals surface area contributed by atoms with Crippen molar-refractivity contribution in [2.75, 3.05) is 31.1 Å². The third-order valence-electron chi connectivity index (χ3n) is 4.32. The normalized spacial score (nSPS) is 22.4. The first-order chi connectivity index (χ1) is 12.4. The second kappa shape index (κ2) is 7.38. The number of carbonyl (C=O) groups is 2. The second-order valence-corrected chi connectivity index (χ2v) is 6.14. The molecule has 2 amide bonds. The van der Waals surface area contributed by atoms with Crippen LogP contribution in [-0.2, 0) is 9.53 Å². The number of rotatable bonds is 5. The Kier molecular flexibility index (Phi) is 5.19. The van der Waals surface area contributed by atoms with Crippen LogP contribution in [0.15, 0.2) is 18.2 Å². The predicted octanol–water partition coefficient (Wildman–Crippen LogP) is 0.774. The van der Waals surface area contributed by atoms with E-state index in [1.807, 2.05) is 0 Å². The van der Waals surface area contributed by atoms with Crippen molar-refractivity contribution in [3.05, 3.63) is 35.4 Å². The van der Waals surface area contributed by atoms with Crippen LogP contribution in [0.4, 0.5) is 19.3 Å². The molecule has 7 nitrogen and oxygen atoms in total. The molecule has 0 aliphatic carbocycles. The van der Waals surface area contributed by atoms with Crippen molar-refractivity contribution in [3.63, 3.8) is 0 Å². The van der Waals surface area contributed by atoms with Crippen LogP contribution in [-0.4, -0.2) is 55.5 Å². The van der Waals surface area contributed by atoms with Crippen LogP contribution >= 0.6 is 0 Å². The van der Waals surface area contributed by atoms with Gasteiger partial charge in [0, 0.05) is 13.5 Å². The molecule has 1 saturated heterocycles. The number of hydrogen-bond donors (Lipinski definition) is 3.